The van der Waals surface area contributed by atoms with Crippen LogP contribution in [-0.2, 0) is 11.4 Å². The maximum atomic E-state index is 12.7. The van der Waals surface area contributed by atoms with E-state index >= 15 is 0 Å². The van der Waals surface area contributed by atoms with Crippen molar-refractivity contribution in [2.24, 2.45) is 0 Å². The zero-order valence-electron chi connectivity index (χ0n) is 16.2. The lowest BCUT2D eigenvalue weighted by atomic mass is 10.1. The van der Waals surface area contributed by atoms with Gasteiger partial charge >= 0.3 is 0 Å². The molecule has 0 aromatic heterocycles. The molecule has 0 aliphatic carbocycles. The number of carbonyl (C=O) groups is 1. The molecule has 0 aliphatic heterocycles. The second-order valence-electron chi connectivity index (χ2n) is 6.54. The number of rotatable bonds is 6. The number of nitrogens with zero attached hydrogens (tertiary/aromatic N) is 1. The summed E-state index contributed by atoms with van der Waals surface area (Å²) in [4.78, 5) is 12.7. The number of aryl methyl sites for hydroxylation is 1. The number of nitrogens with one attached hydrogen (secondary N) is 1. The van der Waals surface area contributed by atoms with Crippen LogP contribution in [0.3, 0.4) is 0 Å². The standard InChI is InChI=1S/C24H18Br2N2O2/c1-16-11-20(25)23(21(26)12-16)28-24(29)19(14-27)13-18-9-5-6-10-22(18)30-15-17-7-3-2-4-8-17/h2-13H,15H2,1H3,(H,28,29)/b19-13+. The molecular weight excluding hydrogens is 508 g/mol. The van der Waals surface area contributed by atoms with Gasteiger partial charge in [-0.3, -0.25) is 4.79 Å². The first-order valence-electron chi connectivity index (χ1n) is 9.12. The summed E-state index contributed by atoms with van der Waals surface area (Å²) in [6.07, 6.45) is 1.53. The molecule has 0 heterocycles. The molecule has 30 heavy (non-hydrogen) atoms. The molecule has 4 nitrogen and oxygen atoms in total. The highest BCUT2D eigenvalue weighted by atomic mass is 79.9. The van der Waals surface area contributed by atoms with Gasteiger partial charge in [-0.2, -0.15) is 5.26 Å². The summed E-state index contributed by atoms with van der Waals surface area (Å²) < 4.78 is 7.37. The summed E-state index contributed by atoms with van der Waals surface area (Å²) >= 11 is 6.90. The fourth-order valence-electron chi connectivity index (χ4n) is 2.77. The summed E-state index contributed by atoms with van der Waals surface area (Å²) in [7, 11) is 0. The first-order valence-corrected chi connectivity index (χ1v) is 10.7. The van der Waals surface area contributed by atoms with Gasteiger partial charge < -0.3 is 10.1 Å². The highest BCUT2D eigenvalue weighted by molar-refractivity contribution is 9.11. The van der Waals surface area contributed by atoms with Crippen LogP contribution >= 0.6 is 31.9 Å². The molecule has 0 aliphatic rings. The number of ether oxygens (including phenoxy) is 1. The Bertz CT molecular complexity index is 1110. The van der Waals surface area contributed by atoms with Crippen molar-refractivity contribution in [3.8, 4) is 11.8 Å². The Balaban J connectivity index is 1.82. The van der Waals surface area contributed by atoms with Crippen LogP contribution in [0, 0.1) is 18.3 Å². The van der Waals surface area contributed by atoms with E-state index in [2.05, 4.69) is 37.2 Å². The molecule has 0 bridgehead atoms. The highest BCUT2D eigenvalue weighted by Gasteiger charge is 2.15. The van der Waals surface area contributed by atoms with Crippen molar-refractivity contribution >= 4 is 49.5 Å². The molecule has 3 rings (SSSR count). The quantitative estimate of drug-likeness (QED) is 0.289. The molecule has 0 atom stereocenters. The summed E-state index contributed by atoms with van der Waals surface area (Å²) in [6, 6.07) is 22.9. The summed E-state index contributed by atoms with van der Waals surface area (Å²) in [6.45, 7) is 2.34. The highest BCUT2D eigenvalue weighted by Crippen LogP contribution is 2.33. The molecule has 3 aromatic carbocycles. The van der Waals surface area contributed by atoms with E-state index in [1.807, 2.05) is 79.7 Å². The minimum absolute atomic E-state index is 0.0230. The molecule has 1 N–H and O–H groups in total. The van der Waals surface area contributed by atoms with E-state index in [4.69, 9.17) is 4.74 Å². The largest absolute Gasteiger partial charge is 0.488 e. The Morgan fingerprint density at radius 2 is 1.70 bits per heavy atom. The molecule has 6 heteroatoms. The number of benzene rings is 3. The van der Waals surface area contributed by atoms with Gasteiger partial charge in [0.1, 0.15) is 24.0 Å². The van der Waals surface area contributed by atoms with E-state index in [-0.39, 0.29) is 5.57 Å². The van der Waals surface area contributed by atoms with Crippen LogP contribution in [-0.4, -0.2) is 5.91 Å². The van der Waals surface area contributed by atoms with Gasteiger partial charge in [-0.25, -0.2) is 0 Å². The molecule has 0 saturated heterocycles. The fourth-order valence-corrected chi connectivity index (χ4v) is 4.38. The number of amides is 1. The minimum atomic E-state index is -0.499. The summed E-state index contributed by atoms with van der Waals surface area (Å²) in [5, 5.41) is 12.4. The minimum Gasteiger partial charge on any atom is -0.488 e. The van der Waals surface area contributed by atoms with E-state index in [1.54, 1.807) is 0 Å². The Hall–Kier alpha value is -2.88. The van der Waals surface area contributed by atoms with Gasteiger partial charge in [-0.15, -0.1) is 0 Å². The van der Waals surface area contributed by atoms with Crippen molar-refractivity contribution in [3.63, 3.8) is 0 Å². The molecule has 1 amide bonds. The van der Waals surface area contributed by atoms with Crippen molar-refractivity contribution in [3.05, 3.63) is 97.9 Å². The maximum Gasteiger partial charge on any atom is 0.266 e. The smallest absolute Gasteiger partial charge is 0.266 e. The summed E-state index contributed by atoms with van der Waals surface area (Å²) in [5.41, 5.74) is 3.27. The van der Waals surface area contributed by atoms with Crippen LogP contribution in [0.2, 0.25) is 0 Å². The second-order valence-corrected chi connectivity index (χ2v) is 8.25. The number of anilines is 1. The SMILES string of the molecule is Cc1cc(Br)c(NC(=O)/C(C#N)=C/c2ccccc2OCc2ccccc2)c(Br)c1. The van der Waals surface area contributed by atoms with Gasteiger partial charge in [0.2, 0.25) is 0 Å². The number of hydrogen-bond donors (Lipinski definition) is 1. The van der Waals surface area contributed by atoms with Crippen molar-refractivity contribution in [2.75, 3.05) is 5.32 Å². The van der Waals surface area contributed by atoms with Crippen LogP contribution in [0.15, 0.2) is 81.2 Å². The predicted molar refractivity (Wildman–Crippen MR) is 126 cm³/mol. The number of para-hydroxylation sites is 1. The van der Waals surface area contributed by atoms with Crippen molar-refractivity contribution in [1.82, 2.24) is 0 Å². The van der Waals surface area contributed by atoms with Gasteiger partial charge in [0.05, 0.1) is 5.69 Å². The van der Waals surface area contributed by atoms with Gasteiger partial charge in [0.15, 0.2) is 0 Å². The van der Waals surface area contributed by atoms with E-state index in [1.165, 1.54) is 6.08 Å². The third-order valence-corrected chi connectivity index (χ3v) is 5.50. The van der Waals surface area contributed by atoms with Crippen LogP contribution in [0.25, 0.3) is 6.08 Å². The Morgan fingerprint density at radius 3 is 2.37 bits per heavy atom. The van der Waals surface area contributed by atoms with Crippen molar-refractivity contribution in [2.45, 2.75) is 13.5 Å². The maximum absolute atomic E-state index is 12.7. The Labute approximate surface area is 192 Å². The lowest BCUT2D eigenvalue weighted by Gasteiger charge is -2.11. The normalized spacial score (nSPS) is 10.9. The van der Waals surface area contributed by atoms with Crippen molar-refractivity contribution < 1.29 is 9.53 Å². The topological polar surface area (TPSA) is 62.1 Å². The molecule has 0 fully saturated rings. The first-order chi connectivity index (χ1) is 14.5. The predicted octanol–water partition coefficient (Wildman–Crippen LogP) is 6.64. The van der Waals surface area contributed by atoms with Crippen LogP contribution in [0.4, 0.5) is 5.69 Å². The van der Waals surface area contributed by atoms with Gasteiger partial charge in [0.25, 0.3) is 5.91 Å². The van der Waals surface area contributed by atoms with Crippen LogP contribution in [0.1, 0.15) is 16.7 Å². The Kier molecular flexibility index (Phi) is 7.45. The lowest BCUT2D eigenvalue weighted by Crippen LogP contribution is -2.14. The monoisotopic (exact) mass is 524 g/mol. The average molecular weight is 526 g/mol. The number of hydrogen-bond acceptors (Lipinski definition) is 3. The molecule has 0 unspecified atom stereocenters. The van der Waals surface area contributed by atoms with E-state index in [9.17, 15) is 10.1 Å². The van der Waals surface area contributed by atoms with Gasteiger partial charge in [-0.1, -0.05) is 48.5 Å². The first kappa shape index (κ1) is 21.8. The fraction of sp³-hybridized carbons (Fsp3) is 0.0833. The molecule has 0 saturated carbocycles. The van der Waals surface area contributed by atoms with Crippen molar-refractivity contribution in [1.29, 1.82) is 5.26 Å². The van der Waals surface area contributed by atoms with Gasteiger partial charge in [-0.05, 0) is 74.2 Å². The van der Waals surface area contributed by atoms with Crippen LogP contribution in [0.5, 0.6) is 5.75 Å². The number of halogens is 2. The number of nitriles is 1. The number of carbonyl (C=O) groups excluding carboxylic acids is 1. The zero-order valence-corrected chi connectivity index (χ0v) is 19.3. The molecule has 3 aromatic rings. The second kappa shape index (κ2) is 10.2. The molecular formula is C24H18Br2N2O2. The van der Waals surface area contributed by atoms with Crippen LogP contribution < -0.4 is 10.1 Å². The zero-order chi connectivity index (χ0) is 21.5. The van der Waals surface area contributed by atoms with E-state index in [0.717, 1.165) is 20.1 Å². The molecule has 150 valence electrons. The Morgan fingerprint density at radius 1 is 1.07 bits per heavy atom. The summed E-state index contributed by atoms with van der Waals surface area (Å²) in [5.74, 6) is 0.0974. The third-order valence-electron chi connectivity index (χ3n) is 4.25. The average Bonchev–Trinajstić information content (AvgIpc) is 2.74. The molecule has 0 spiro atoms. The lowest BCUT2D eigenvalue weighted by molar-refractivity contribution is -0.112. The van der Waals surface area contributed by atoms with E-state index in [0.29, 0.717) is 23.6 Å². The van der Waals surface area contributed by atoms with E-state index < -0.39 is 5.91 Å². The molecule has 0 radical (unpaired) electrons. The van der Waals surface area contributed by atoms with Gasteiger partial charge in [0, 0.05) is 14.5 Å². The third kappa shape index (κ3) is 5.59.